The fourth-order valence-electron chi connectivity index (χ4n) is 0.689. The van der Waals surface area contributed by atoms with Crippen LogP contribution in [-0.4, -0.2) is 12.9 Å². The highest BCUT2D eigenvalue weighted by atomic mass is 32.1. The van der Waals surface area contributed by atoms with Crippen LogP contribution in [0.4, 0.5) is 0 Å². The molecule has 0 aromatic carbocycles. The molecule has 11 heavy (non-hydrogen) atoms. The molecule has 0 amide bonds. The minimum absolute atomic E-state index is 0.322. The maximum Gasteiger partial charge on any atom is 0.249 e. The number of carbonyl (C=O) groups is 1. The zero-order chi connectivity index (χ0) is 8.27. The van der Waals surface area contributed by atoms with E-state index in [0.29, 0.717) is 10.6 Å². The summed E-state index contributed by atoms with van der Waals surface area (Å²) < 4.78 is 4.90. The Kier molecular flexibility index (Phi) is 2.29. The standard InChI is InChI=1S/C8H6O2S/c1-3-6(9)8-7(10-2)4-5-11-8/h1,4-5H,2H3. The quantitative estimate of drug-likeness (QED) is 0.378. The molecule has 0 fully saturated rings. The molecule has 0 bridgehead atoms. The van der Waals surface area contributed by atoms with E-state index in [1.165, 1.54) is 18.4 Å². The molecular weight excluding hydrogens is 160 g/mol. The van der Waals surface area contributed by atoms with Gasteiger partial charge in [0.05, 0.1) is 7.11 Å². The van der Waals surface area contributed by atoms with Crippen LogP contribution in [0.15, 0.2) is 11.4 Å². The second-order valence-electron chi connectivity index (χ2n) is 1.79. The summed E-state index contributed by atoms with van der Waals surface area (Å²) in [5, 5.41) is 1.77. The lowest BCUT2D eigenvalue weighted by molar-refractivity contribution is 0.105. The van der Waals surface area contributed by atoms with Gasteiger partial charge in [0.2, 0.25) is 5.78 Å². The van der Waals surface area contributed by atoms with Crippen molar-refractivity contribution in [3.05, 3.63) is 16.3 Å². The van der Waals surface area contributed by atoms with E-state index in [0.717, 1.165) is 0 Å². The predicted octanol–water partition coefficient (Wildman–Crippen LogP) is 1.57. The summed E-state index contributed by atoms with van der Waals surface area (Å²) in [5.74, 6) is 2.26. The smallest absolute Gasteiger partial charge is 0.249 e. The third-order valence-electron chi connectivity index (χ3n) is 1.19. The molecule has 0 radical (unpaired) electrons. The van der Waals surface area contributed by atoms with Gasteiger partial charge in [-0.05, 0) is 17.4 Å². The number of thiophene rings is 1. The largest absolute Gasteiger partial charge is 0.495 e. The highest BCUT2D eigenvalue weighted by Gasteiger charge is 2.10. The van der Waals surface area contributed by atoms with Crippen molar-refractivity contribution in [3.63, 3.8) is 0 Å². The number of ether oxygens (including phenoxy) is 1. The molecule has 0 aliphatic carbocycles. The average molecular weight is 166 g/mol. The zero-order valence-corrected chi connectivity index (χ0v) is 6.77. The van der Waals surface area contributed by atoms with Crippen LogP contribution in [0, 0.1) is 12.3 Å². The molecule has 56 valence electrons. The van der Waals surface area contributed by atoms with Gasteiger partial charge in [-0.15, -0.1) is 17.8 Å². The molecular formula is C8H6O2S. The first-order valence-electron chi connectivity index (χ1n) is 2.92. The molecule has 0 unspecified atom stereocenters. The Morgan fingerprint density at radius 1 is 1.82 bits per heavy atom. The Bertz CT molecular complexity index is 306. The molecule has 0 saturated heterocycles. The van der Waals surface area contributed by atoms with E-state index >= 15 is 0 Å². The van der Waals surface area contributed by atoms with Gasteiger partial charge >= 0.3 is 0 Å². The maximum atomic E-state index is 10.9. The molecule has 1 heterocycles. The summed E-state index contributed by atoms with van der Waals surface area (Å²) in [6.07, 6.45) is 4.94. The number of carbonyl (C=O) groups excluding carboxylic acids is 1. The Labute approximate surface area is 68.8 Å². The number of terminal acetylenes is 1. The van der Waals surface area contributed by atoms with Gasteiger partial charge in [-0.25, -0.2) is 0 Å². The van der Waals surface area contributed by atoms with E-state index < -0.39 is 0 Å². The molecule has 2 nitrogen and oxygen atoms in total. The van der Waals surface area contributed by atoms with Gasteiger partial charge in [0.15, 0.2) is 0 Å². The number of hydrogen-bond donors (Lipinski definition) is 0. The minimum Gasteiger partial charge on any atom is -0.495 e. The number of hydrogen-bond acceptors (Lipinski definition) is 3. The van der Waals surface area contributed by atoms with Crippen LogP contribution < -0.4 is 4.74 Å². The maximum absolute atomic E-state index is 10.9. The summed E-state index contributed by atoms with van der Waals surface area (Å²) in [7, 11) is 1.51. The molecule has 0 aliphatic heterocycles. The normalized spacial score (nSPS) is 8.73. The van der Waals surface area contributed by atoms with Crippen molar-refractivity contribution >= 4 is 17.1 Å². The summed E-state index contributed by atoms with van der Waals surface area (Å²) in [6.45, 7) is 0. The summed E-state index contributed by atoms with van der Waals surface area (Å²) in [6, 6.07) is 1.72. The number of rotatable bonds is 2. The van der Waals surface area contributed by atoms with Crippen molar-refractivity contribution in [3.8, 4) is 18.1 Å². The van der Waals surface area contributed by atoms with Gasteiger partial charge in [-0.1, -0.05) is 0 Å². The van der Waals surface area contributed by atoms with E-state index in [2.05, 4.69) is 0 Å². The lowest BCUT2D eigenvalue weighted by atomic mass is 10.3. The minimum atomic E-state index is -0.322. The predicted molar refractivity (Wildman–Crippen MR) is 44.0 cm³/mol. The van der Waals surface area contributed by atoms with E-state index in [1.807, 2.05) is 5.92 Å². The fraction of sp³-hybridized carbons (Fsp3) is 0.125. The van der Waals surface area contributed by atoms with Crippen molar-refractivity contribution in [1.29, 1.82) is 0 Å². The molecule has 1 aromatic heterocycles. The van der Waals surface area contributed by atoms with E-state index in [1.54, 1.807) is 11.4 Å². The van der Waals surface area contributed by atoms with Crippen LogP contribution in [0.25, 0.3) is 0 Å². The summed E-state index contributed by atoms with van der Waals surface area (Å²) in [4.78, 5) is 11.4. The third kappa shape index (κ3) is 1.41. The van der Waals surface area contributed by atoms with Crippen LogP contribution in [0.3, 0.4) is 0 Å². The second-order valence-corrected chi connectivity index (χ2v) is 2.71. The Balaban J connectivity index is 3.04. The average Bonchev–Trinajstić information content (AvgIpc) is 2.50. The van der Waals surface area contributed by atoms with E-state index in [9.17, 15) is 4.79 Å². The first-order chi connectivity index (χ1) is 5.29. The van der Waals surface area contributed by atoms with Crippen LogP contribution in [0.2, 0.25) is 0 Å². The van der Waals surface area contributed by atoms with Crippen molar-refractivity contribution < 1.29 is 9.53 Å². The van der Waals surface area contributed by atoms with Crippen molar-refractivity contribution in [2.45, 2.75) is 0 Å². The van der Waals surface area contributed by atoms with Crippen molar-refractivity contribution in [2.24, 2.45) is 0 Å². The molecule has 1 aromatic rings. The van der Waals surface area contributed by atoms with Gasteiger partial charge in [0.25, 0.3) is 0 Å². The zero-order valence-electron chi connectivity index (χ0n) is 5.96. The van der Waals surface area contributed by atoms with Gasteiger partial charge in [-0.2, -0.15) is 0 Å². The second kappa shape index (κ2) is 3.22. The Morgan fingerprint density at radius 2 is 2.55 bits per heavy atom. The number of ketones is 1. The molecule has 0 aliphatic rings. The summed E-state index contributed by atoms with van der Waals surface area (Å²) >= 11 is 1.29. The Hall–Kier alpha value is -1.27. The third-order valence-corrected chi connectivity index (χ3v) is 2.08. The highest BCUT2D eigenvalue weighted by Crippen LogP contribution is 2.24. The van der Waals surface area contributed by atoms with Crippen LogP contribution >= 0.6 is 11.3 Å². The monoisotopic (exact) mass is 166 g/mol. The van der Waals surface area contributed by atoms with Gasteiger partial charge in [0.1, 0.15) is 10.6 Å². The van der Waals surface area contributed by atoms with Crippen molar-refractivity contribution in [2.75, 3.05) is 7.11 Å². The Morgan fingerprint density at radius 3 is 3.09 bits per heavy atom. The first kappa shape index (κ1) is 7.83. The van der Waals surface area contributed by atoms with Gasteiger partial charge < -0.3 is 4.74 Å². The molecule has 0 N–H and O–H groups in total. The van der Waals surface area contributed by atoms with Crippen LogP contribution in [0.1, 0.15) is 9.67 Å². The lowest BCUT2D eigenvalue weighted by Crippen LogP contribution is -1.93. The molecule has 3 heteroatoms. The molecule has 0 atom stereocenters. The fourth-order valence-corrected chi connectivity index (χ4v) is 1.45. The molecule has 1 rings (SSSR count). The molecule has 0 saturated carbocycles. The number of Topliss-reactive ketones (excluding diaryl/α,β-unsaturated/α-hetero) is 1. The van der Waals surface area contributed by atoms with Crippen molar-refractivity contribution in [1.82, 2.24) is 0 Å². The highest BCUT2D eigenvalue weighted by molar-refractivity contribution is 7.12. The number of methoxy groups -OCH3 is 1. The van der Waals surface area contributed by atoms with Crippen LogP contribution in [0.5, 0.6) is 5.75 Å². The van der Waals surface area contributed by atoms with Crippen LogP contribution in [-0.2, 0) is 0 Å². The van der Waals surface area contributed by atoms with E-state index in [4.69, 9.17) is 11.2 Å². The topological polar surface area (TPSA) is 26.3 Å². The lowest BCUT2D eigenvalue weighted by Gasteiger charge is -1.95. The first-order valence-corrected chi connectivity index (χ1v) is 3.80. The van der Waals surface area contributed by atoms with Gasteiger partial charge in [0, 0.05) is 0 Å². The SMILES string of the molecule is C#CC(=O)c1sccc1OC. The molecule has 0 spiro atoms. The summed E-state index contributed by atoms with van der Waals surface area (Å²) in [5.41, 5.74) is 0. The van der Waals surface area contributed by atoms with Gasteiger partial charge in [-0.3, -0.25) is 4.79 Å². The van der Waals surface area contributed by atoms with E-state index in [-0.39, 0.29) is 5.78 Å².